The summed E-state index contributed by atoms with van der Waals surface area (Å²) in [7, 11) is -2.40. The zero-order valence-corrected chi connectivity index (χ0v) is 14.1. The molecule has 3 atom stereocenters. The van der Waals surface area contributed by atoms with Crippen LogP contribution < -0.4 is 0 Å². The Morgan fingerprint density at radius 1 is 1.26 bits per heavy atom. The molecule has 130 valence electrons. The van der Waals surface area contributed by atoms with Gasteiger partial charge in [-0.05, 0) is 18.9 Å². The highest BCUT2D eigenvalue weighted by atomic mass is 32.2. The minimum absolute atomic E-state index is 0.336. The molecule has 3 aliphatic rings. The summed E-state index contributed by atoms with van der Waals surface area (Å²) in [5.41, 5.74) is 0.360. The van der Waals surface area contributed by atoms with Crippen molar-refractivity contribution in [1.82, 2.24) is 0 Å². The molecule has 0 amide bonds. The number of hydrogen-bond acceptors (Lipinski definition) is 7. The van der Waals surface area contributed by atoms with Gasteiger partial charge in [-0.1, -0.05) is 6.42 Å². The van der Waals surface area contributed by atoms with Crippen molar-refractivity contribution in [3.8, 4) is 0 Å². The molecule has 0 radical (unpaired) electrons. The van der Waals surface area contributed by atoms with Crippen molar-refractivity contribution < 1.29 is 31.6 Å². The van der Waals surface area contributed by atoms with E-state index in [2.05, 4.69) is 0 Å². The third-order valence-corrected chi connectivity index (χ3v) is 5.11. The van der Waals surface area contributed by atoms with E-state index in [0.717, 1.165) is 38.4 Å². The first kappa shape index (κ1) is 16.9. The first-order valence-corrected chi connectivity index (χ1v) is 9.66. The summed E-state index contributed by atoms with van der Waals surface area (Å²) in [5, 5.41) is 0. The molecule has 7 nitrogen and oxygen atoms in total. The fraction of sp³-hybridized carbons (Fsp3) is 0.800. The summed E-state index contributed by atoms with van der Waals surface area (Å²) < 4.78 is 45.2. The molecular weight excluding hydrogens is 324 g/mol. The van der Waals surface area contributed by atoms with Gasteiger partial charge in [-0.2, -0.15) is 8.42 Å². The maximum absolute atomic E-state index is 11.8. The number of fused-ring (bicyclic) bond motifs is 1. The number of hydrogen-bond donors (Lipinski definition) is 0. The first-order chi connectivity index (χ1) is 10.8. The van der Waals surface area contributed by atoms with Crippen LogP contribution in [0.1, 0.15) is 38.5 Å². The standard InChI is InChI=1S/C15H22O7S/c1-19-14(16)10-8-11-13(12(9-10)22-23(2,17)18)21-15(20-11)6-4-3-5-7-15/h9,11-13H,3-8H2,1-2H3/t11?,12-,13?/m0/s1. The van der Waals surface area contributed by atoms with Crippen LogP contribution in [0.25, 0.3) is 0 Å². The summed E-state index contributed by atoms with van der Waals surface area (Å²) in [6.07, 6.45) is 5.70. The third-order valence-electron chi connectivity index (χ3n) is 4.54. The van der Waals surface area contributed by atoms with E-state index in [9.17, 15) is 13.2 Å². The van der Waals surface area contributed by atoms with Gasteiger partial charge in [-0.15, -0.1) is 0 Å². The monoisotopic (exact) mass is 346 g/mol. The molecule has 0 aromatic rings. The SMILES string of the molecule is COC(=O)C1=C[C@H](OS(C)(=O)=O)C2OC3(CCCCC3)OC2C1. The average Bonchev–Trinajstić information content (AvgIpc) is 2.83. The molecule has 1 saturated heterocycles. The average molecular weight is 346 g/mol. The van der Waals surface area contributed by atoms with Crippen LogP contribution in [0.3, 0.4) is 0 Å². The zero-order valence-electron chi connectivity index (χ0n) is 13.3. The maximum Gasteiger partial charge on any atom is 0.333 e. The lowest BCUT2D eigenvalue weighted by molar-refractivity contribution is -0.197. The summed E-state index contributed by atoms with van der Waals surface area (Å²) in [6.45, 7) is 0. The largest absolute Gasteiger partial charge is 0.466 e. The fourth-order valence-corrected chi connectivity index (χ4v) is 4.17. The van der Waals surface area contributed by atoms with E-state index in [1.165, 1.54) is 13.2 Å². The maximum atomic E-state index is 11.8. The Hall–Kier alpha value is -0.960. The van der Waals surface area contributed by atoms with Crippen LogP contribution in [0.2, 0.25) is 0 Å². The molecule has 23 heavy (non-hydrogen) atoms. The summed E-state index contributed by atoms with van der Waals surface area (Å²) >= 11 is 0. The second-order valence-electron chi connectivity index (χ2n) is 6.36. The van der Waals surface area contributed by atoms with E-state index in [1.807, 2.05) is 0 Å². The van der Waals surface area contributed by atoms with Crippen molar-refractivity contribution in [3.05, 3.63) is 11.6 Å². The Morgan fingerprint density at radius 3 is 2.57 bits per heavy atom. The predicted octanol–water partition coefficient (Wildman–Crippen LogP) is 1.28. The van der Waals surface area contributed by atoms with E-state index in [1.54, 1.807) is 0 Å². The second kappa shape index (κ2) is 6.16. The van der Waals surface area contributed by atoms with Crippen molar-refractivity contribution >= 4 is 16.1 Å². The van der Waals surface area contributed by atoms with Gasteiger partial charge in [0.2, 0.25) is 0 Å². The van der Waals surface area contributed by atoms with E-state index in [-0.39, 0.29) is 0 Å². The highest BCUT2D eigenvalue weighted by molar-refractivity contribution is 7.86. The van der Waals surface area contributed by atoms with E-state index in [0.29, 0.717) is 12.0 Å². The highest BCUT2D eigenvalue weighted by Gasteiger charge is 2.53. The van der Waals surface area contributed by atoms with E-state index in [4.69, 9.17) is 18.4 Å². The molecule has 2 unspecified atom stereocenters. The number of carbonyl (C=O) groups is 1. The van der Waals surface area contributed by atoms with Crippen molar-refractivity contribution in [2.24, 2.45) is 0 Å². The Bertz CT molecular complexity index is 603. The Labute approximate surface area is 136 Å². The van der Waals surface area contributed by atoms with Gasteiger partial charge in [-0.3, -0.25) is 4.18 Å². The van der Waals surface area contributed by atoms with E-state index < -0.39 is 40.2 Å². The second-order valence-corrected chi connectivity index (χ2v) is 7.96. The van der Waals surface area contributed by atoms with Gasteiger partial charge >= 0.3 is 5.97 Å². The molecule has 2 aliphatic carbocycles. The normalized spacial score (nSPS) is 33.1. The lowest BCUT2D eigenvalue weighted by atomic mass is 9.92. The van der Waals surface area contributed by atoms with Crippen LogP contribution >= 0.6 is 0 Å². The van der Waals surface area contributed by atoms with Crippen molar-refractivity contribution in [2.75, 3.05) is 13.4 Å². The van der Waals surface area contributed by atoms with Crippen molar-refractivity contribution in [2.45, 2.75) is 62.6 Å². The van der Waals surface area contributed by atoms with Crippen LogP contribution in [0.5, 0.6) is 0 Å². The molecule has 0 aromatic heterocycles. The number of esters is 1. The van der Waals surface area contributed by atoms with Gasteiger partial charge < -0.3 is 14.2 Å². The fourth-order valence-electron chi connectivity index (χ4n) is 3.60. The number of carbonyl (C=O) groups excluding carboxylic acids is 1. The molecular formula is C15H22O7S. The topological polar surface area (TPSA) is 88.1 Å². The molecule has 0 N–H and O–H groups in total. The predicted molar refractivity (Wildman–Crippen MR) is 80.0 cm³/mol. The highest BCUT2D eigenvalue weighted by Crippen LogP contribution is 2.45. The number of ether oxygens (including phenoxy) is 3. The van der Waals surface area contributed by atoms with E-state index >= 15 is 0 Å². The Balaban J connectivity index is 1.86. The Morgan fingerprint density at radius 2 is 1.96 bits per heavy atom. The van der Waals surface area contributed by atoms with Gasteiger partial charge in [-0.25, -0.2) is 4.79 Å². The van der Waals surface area contributed by atoms with Gasteiger partial charge in [0.05, 0.1) is 19.5 Å². The molecule has 2 fully saturated rings. The minimum atomic E-state index is -3.69. The molecule has 1 saturated carbocycles. The van der Waals surface area contributed by atoms with Gasteiger partial charge in [0.1, 0.15) is 12.2 Å². The summed E-state index contributed by atoms with van der Waals surface area (Å²) in [5.74, 6) is -1.18. The molecule has 0 aromatic carbocycles. The molecule has 0 bridgehead atoms. The van der Waals surface area contributed by atoms with Crippen LogP contribution in [0, 0.1) is 0 Å². The van der Waals surface area contributed by atoms with Crippen molar-refractivity contribution in [1.29, 1.82) is 0 Å². The molecule has 8 heteroatoms. The van der Waals surface area contributed by atoms with Crippen LogP contribution in [-0.2, 0) is 33.3 Å². The van der Waals surface area contributed by atoms with Crippen LogP contribution in [0.15, 0.2) is 11.6 Å². The molecule has 1 aliphatic heterocycles. The van der Waals surface area contributed by atoms with Crippen molar-refractivity contribution in [3.63, 3.8) is 0 Å². The summed E-state index contributed by atoms with van der Waals surface area (Å²) in [6, 6.07) is 0. The third kappa shape index (κ3) is 3.60. The quantitative estimate of drug-likeness (QED) is 0.562. The van der Waals surface area contributed by atoms with Gasteiger partial charge in [0.15, 0.2) is 5.79 Å². The van der Waals surface area contributed by atoms with Gasteiger partial charge in [0, 0.05) is 24.8 Å². The Kier molecular flexibility index (Phi) is 4.52. The zero-order chi connectivity index (χ0) is 16.7. The van der Waals surface area contributed by atoms with Crippen LogP contribution in [0.4, 0.5) is 0 Å². The number of rotatable bonds is 3. The first-order valence-electron chi connectivity index (χ1n) is 7.85. The van der Waals surface area contributed by atoms with Gasteiger partial charge in [0.25, 0.3) is 10.1 Å². The lowest BCUT2D eigenvalue weighted by Crippen LogP contribution is -2.42. The lowest BCUT2D eigenvalue weighted by Gasteiger charge is -2.32. The number of methoxy groups -OCH3 is 1. The molecule has 1 heterocycles. The van der Waals surface area contributed by atoms with Crippen LogP contribution in [-0.4, -0.2) is 51.9 Å². The summed E-state index contributed by atoms with van der Waals surface area (Å²) in [4.78, 5) is 11.8. The molecule has 1 spiro atoms. The molecule has 3 rings (SSSR count). The minimum Gasteiger partial charge on any atom is -0.466 e. The smallest absolute Gasteiger partial charge is 0.333 e.